The number of anilines is 1. The first-order chi connectivity index (χ1) is 17.6. The minimum Gasteiger partial charge on any atom is -0.497 e. The maximum atomic E-state index is 13.9. The molecule has 2 heterocycles. The second-order valence-corrected chi connectivity index (χ2v) is 10.1. The Bertz CT molecular complexity index is 1190. The Morgan fingerprint density at radius 2 is 1.83 bits per heavy atom. The normalized spacial score (nSPS) is 15.8. The lowest BCUT2D eigenvalue weighted by molar-refractivity contribution is -0.127. The number of methoxy groups -OCH3 is 1. The van der Waals surface area contributed by atoms with Gasteiger partial charge >= 0.3 is 0 Å². The fourth-order valence-corrected chi connectivity index (χ4v) is 5.55. The van der Waals surface area contributed by atoms with E-state index in [1.165, 1.54) is 17.8 Å². The van der Waals surface area contributed by atoms with Crippen LogP contribution in [0.5, 0.6) is 17.2 Å². The Morgan fingerprint density at radius 1 is 1.06 bits per heavy atom. The van der Waals surface area contributed by atoms with Crippen LogP contribution in [0.3, 0.4) is 0 Å². The summed E-state index contributed by atoms with van der Waals surface area (Å²) in [6, 6.07) is 15.8. The van der Waals surface area contributed by atoms with Gasteiger partial charge in [-0.2, -0.15) is 0 Å². The van der Waals surface area contributed by atoms with Crippen molar-refractivity contribution < 1.29 is 23.8 Å². The van der Waals surface area contributed by atoms with Crippen molar-refractivity contribution >= 4 is 28.8 Å². The Balaban J connectivity index is 1.55. The lowest BCUT2D eigenvalue weighted by Gasteiger charge is -2.33. The molecule has 1 fully saturated rings. The second kappa shape index (κ2) is 11.0. The number of hydrogen-bond acceptors (Lipinski definition) is 6. The molecule has 0 bridgehead atoms. The SMILES string of the molecule is COc1ccc(C(C(=O)NC2CCCCC2)N(C(=O)Cc2cccs2)c2ccc3c(c2)OCO3)cc1. The van der Waals surface area contributed by atoms with Gasteiger partial charge in [-0.15, -0.1) is 11.3 Å². The van der Waals surface area contributed by atoms with Crippen molar-refractivity contribution in [3.63, 3.8) is 0 Å². The van der Waals surface area contributed by atoms with Crippen molar-refractivity contribution in [3.8, 4) is 17.2 Å². The Labute approximate surface area is 215 Å². The molecule has 1 N–H and O–H groups in total. The summed E-state index contributed by atoms with van der Waals surface area (Å²) in [5, 5.41) is 5.19. The van der Waals surface area contributed by atoms with E-state index < -0.39 is 6.04 Å². The van der Waals surface area contributed by atoms with Crippen molar-refractivity contribution in [2.24, 2.45) is 0 Å². The van der Waals surface area contributed by atoms with E-state index in [0.717, 1.165) is 30.6 Å². The van der Waals surface area contributed by atoms with Crippen molar-refractivity contribution in [2.75, 3.05) is 18.8 Å². The molecule has 1 unspecified atom stereocenters. The highest BCUT2D eigenvalue weighted by atomic mass is 32.1. The standard InChI is InChI=1S/C28H30N2O5S/c1-33-22-12-9-19(10-13-22)27(28(32)29-20-6-3-2-4-7-20)30(26(31)17-23-8-5-15-36-23)21-11-14-24-25(16-21)35-18-34-24/h5,8-16,20,27H,2-4,6-7,17-18H2,1H3,(H,29,32). The number of nitrogens with zero attached hydrogens (tertiary/aromatic N) is 1. The molecule has 0 radical (unpaired) electrons. The molecule has 2 amide bonds. The Morgan fingerprint density at radius 3 is 2.56 bits per heavy atom. The van der Waals surface area contributed by atoms with Crippen LogP contribution in [0.2, 0.25) is 0 Å². The Hall–Kier alpha value is -3.52. The topological polar surface area (TPSA) is 77.1 Å². The van der Waals surface area contributed by atoms with Gasteiger partial charge in [0.2, 0.25) is 18.6 Å². The van der Waals surface area contributed by atoms with Crippen LogP contribution in [0.1, 0.15) is 48.6 Å². The summed E-state index contributed by atoms with van der Waals surface area (Å²) in [7, 11) is 1.60. The van der Waals surface area contributed by atoms with Crippen molar-refractivity contribution in [1.82, 2.24) is 5.32 Å². The first-order valence-corrected chi connectivity index (χ1v) is 13.2. The molecule has 1 atom stereocenters. The number of thiophene rings is 1. The summed E-state index contributed by atoms with van der Waals surface area (Å²) < 4.78 is 16.4. The molecule has 1 aliphatic carbocycles. The number of benzene rings is 2. The van der Waals surface area contributed by atoms with E-state index in [1.54, 1.807) is 24.1 Å². The van der Waals surface area contributed by atoms with Crippen LogP contribution in [0, 0.1) is 0 Å². The maximum absolute atomic E-state index is 13.9. The molecule has 8 heteroatoms. The van der Waals surface area contributed by atoms with Gasteiger partial charge < -0.3 is 19.5 Å². The minimum atomic E-state index is -0.856. The summed E-state index contributed by atoms with van der Waals surface area (Å²) in [6.07, 6.45) is 5.48. The predicted octanol–water partition coefficient (Wildman–Crippen LogP) is 5.25. The third kappa shape index (κ3) is 5.33. The van der Waals surface area contributed by atoms with Gasteiger partial charge in [0.15, 0.2) is 11.5 Å². The van der Waals surface area contributed by atoms with E-state index in [1.807, 2.05) is 47.8 Å². The van der Waals surface area contributed by atoms with Crippen molar-refractivity contribution in [3.05, 3.63) is 70.4 Å². The van der Waals surface area contributed by atoms with E-state index in [-0.39, 0.29) is 31.1 Å². The molecule has 0 saturated heterocycles. The number of nitrogens with one attached hydrogen (secondary N) is 1. The number of ether oxygens (including phenoxy) is 3. The highest BCUT2D eigenvalue weighted by molar-refractivity contribution is 7.10. The first kappa shape index (κ1) is 24.2. The highest BCUT2D eigenvalue weighted by Crippen LogP contribution is 2.39. The van der Waals surface area contributed by atoms with Gasteiger partial charge in [-0.1, -0.05) is 37.5 Å². The number of carbonyl (C=O) groups excluding carboxylic acids is 2. The van der Waals surface area contributed by atoms with E-state index in [9.17, 15) is 9.59 Å². The number of carbonyl (C=O) groups is 2. The van der Waals surface area contributed by atoms with E-state index in [0.29, 0.717) is 28.5 Å². The minimum absolute atomic E-state index is 0.109. The summed E-state index contributed by atoms with van der Waals surface area (Å²) >= 11 is 1.52. The molecule has 7 nitrogen and oxygen atoms in total. The number of rotatable bonds is 8. The van der Waals surface area contributed by atoms with Gasteiger partial charge in [-0.25, -0.2) is 0 Å². The van der Waals surface area contributed by atoms with Crippen molar-refractivity contribution in [1.29, 1.82) is 0 Å². The smallest absolute Gasteiger partial charge is 0.248 e. The van der Waals surface area contributed by atoms with Crippen LogP contribution < -0.4 is 24.4 Å². The molecule has 2 aromatic carbocycles. The highest BCUT2D eigenvalue weighted by Gasteiger charge is 2.35. The molecule has 3 aromatic rings. The zero-order valence-electron chi connectivity index (χ0n) is 20.3. The van der Waals surface area contributed by atoms with E-state index in [2.05, 4.69) is 5.32 Å². The third-order valence-electron chi connectivity index (χ3n) is 6.70. The average Bonchev–Trinajstić information content (AvgIpc) is 3.59. The fourth-order valence-electron chi connectivity index (χ4n) is 4.85. The number of fused-ring (bicyclic) bond motifs is 1. The molecular formula is C28H30N2O5S. The summed E-state index contributed by atoms with van der Waals surface area (Å²) in [6.45, 7) is 0.131. The second-order valence-electron chi connectivity index (χ2n) is 9.08. The molecule has 1 aromatic heterocycles. The van der Waals surface area contributed by atoms with Gasteiger partial charge in [-0.05, 0) is 54.1 Å². The van der Waals surface area contributed by atoms with Crippen LogP contribution in [0.4, 0.5) is 5.69 Å². The lowest BCUT2D eigenvalue weighted by atomic mass is 9.94. The molecule has 1 saturated carbocycles. The summed E-state index contributed by atoms with van der Waals surface area (Å²) in [5.74, 6) is 1.50. The van der Waals surface area contributed by atoms with Crippen LogP contribution in [-0.2, 0) is 16.0 Å². The molecule has 188 valence electrons. The van der Waals surface area contributed by atoms with Crippen LogP contribution in [-0.4, -0.2) is 31.8 Å². The van der Waals surface area contributed by atoms with E-state index >= 15 is 0 Å². The van der Waals surface area contributed by atoms with Crippen LogP contribution in [0.15, 0.2) is 60.0 Å². The maximum Gasteiger partial charge on any atom is 0.248 e. The third-order valence-corrected chi connectivity index (χ3v) is 7.57. The molecule has 2 aliphatic rings. The molecular weight excluding hydrogens is 476 g/mol. The van der Waals surface area contributed by atoms with Gasteiger partial charge in [0, 0.05) is 22.7 Å². The number of hydrogen-bond donors (Lipinski definition) is 1. The first-order valence-electron chi connectivity index (χ1n) is 12.3. The molecule has 5 rings (SSSR count). The average molecular weight is 507 g/mol. The fraction of sp³-hybridized carbons (Fsp3) is 0.357. The zero-order valence-corrected chi connectivity index (χ0v) is 21.1. The Kier molecular flexibility index (Phi) is 7.41. The van der Waals surface area contributed by atoms with Crippen LogP contribution in [0.25, 0.3) is 0 Å². The largest absolute Gasteiger partial charge is 0.497 e. The summed E-state index contributed by atoms with van der Waals surface area (Å²) in [5.41, 5.74) is 1.29. The summed E-state index contributed by atoms with van der Waals surface area (Å²) in [4.78, 5) is 30.4. The monoisotopic (exact) mass is 506 g/mol. The van der Waals surface area contributed by atoms with E-state index in [4.69, 9.17) is 14.2 Å². The predicted molar refractivity (Wildman–Crippen MR) is 139 cm³/mol. The quantitative estimate of drug-likeness (QED) is 0.452. The molecule has 36 heavy (non-hydrogen) atoms. The van der Waals surface area contributed by atoms with Gasteiger partial charge in [-0.3, -0.25) is 14.5 Å². The van der Waals surface area contributed by atoms with Crippen LogP contribution >= 0.6 is 11.3 Å². The molecule has 1 aliphatic heterocycles. The zero-order chi connectivity index (χ0) is 24.9. The molecule has 0 spiro atoms. The lowest BCUT2D eigenvalue weighted by Crippen LogP contribution is -2.47. The van der Waals surface area contributed by atoms with Gasteiger partial charge in [0.25, 0.3) is 0 Å². The van der Waals surface area contributed by atoms with Gasteiger partial charge in [0.05, 0.1) is 13.5 Å². The van der Waals surface area contributed by atoms with Crippen molar-refractivity contribution in [2.45, 2.75) is 50.6 Å². The van der Waals surface area contributed by atoms with Gasteiger partial charge in [0.1, 0.15) is 11.8 Å². The number of amides is 2.